The summed E-state index contributed by atoms with van der Waals surface area (Å²) in [7, 11) is 0. The number of hydrogen-bond acceptors (Lipinski definition) is 4. The summed E-state index contributed by atoms with van der Waals surface area (Å²) in [5, 5.41) is 25.5. The second kappa shape index (κ2) is 10.1. The molecule has 0 saturated heterocycles. The minimum Gasteiger partial charge on any atom is -0.395 e. The van der Waals surface area contributed by atoms with Crippen molar-refractivity contribution in [1.29, 1.82) is 0 Å². The van der Waals surface area contributed by atoms with E-state index in [1.807, 2.05) is 0 Å². The largest absolute Gasteiger partial charge is 0.395 e. The predicted octanol–water partition coefficient (Wildman–Crippen LogP) is -1.31. The Hall–Kier alpha value is 0.130. The SMILES string of the molecule is Cl.O[13CH2][13CH2]N([13CH2][13CH2]O)[13CH2][13CH2]O. The quantitative estimate of drug-likeness (QED) is 0.456. The van der Waals surface area contributed by atoms with Gasteiger partial charge in [0.05, 0.1) is 19.8 Å². The monoisotopic (exact) mass is 191 g/mol. The zero-order valence-corrected chi connectivity index (χ0v) is 7.26. The lowest BCUT2D eigenvalue weighted by atomic mass is 11.3. The van der Waals surface area contributed by atoms with E-state index in [1.54, 1.807) is 4.90 Å². The van der Waals surface area contributed by atoms with Gasteiger partial charge in [-0.05, 0) is 0 Å². The van der Waals surface area contributed by atoms with Gasteiger partial charge >= 0.3 is 0 Å². The van der Waals surface area contributed by atoms with Crippen LogP contribution in [0.5, 0.6) is 0 Å². The third-order valence-electron chi connectivity index (χ3n) is 1.25. The van der Waals surface area contributed by atoms with Crippen molar-refractivity contribution < 1.29 is 15.3 Å². The molecule has 0 rings (SSSR count). The van der Waals surface area contributed by atoms with E-state index in [0.29, 0.717) is 19.6 Å². The van der Waals surface area contributed by atoms with Gasteiger partial charge in [0.1, 0.15) is 0 Å². The standard InChI is InChI=1S/C6H15NO3.ClH/c8-4-1-7(2-5-9)3-6-10;/h8-10H,1-6H2;1H/i1+1,2+1,3+1,4+1,5+1,6+1;. The van der Waals surface area contributed by atoms with E-state index in [4.69, 9.17) is 15.3 Å². The van der Waals surface area contributed by atoms with Gasteiger partial charge < -0.3 is 15.3 Å². The molecule has 0 fully saturated rings. The highest BCUT2D eigenvalue weighted by Crippen LogP contribution is 1.84. The minimum absolute atomic E-state index is 0. The number of aliphatic hydroxyl groups is 3. The molecule has 0 saturated carbocycles. The van der Waals surface area contributed by atoms with Gasteiger partial charge in [-0.2, -0.15) is 0 Å². The van der Waals surface area contributed by atoms with Crippen molar-refractivity contribution in [3.05, 3.63) is 0 Å². The average molecular weight is 192 g/mol. The molecule has 70 valence electrons. The Bertz CT molecular complexity index is 60.6. The molecular formula is C6H16ClNO3. The first-order valence-corrected chi connectivity index (χ1v) is 3.40. The zero-order valence-electron chi connectivity index (χ0n) is 6.44. The first-order chi connectivity index (χ1) is 4.85. The number of nitrogens with zero attached hydrogens (tertiary/aromatic N) is 1. The van der Waals surface area contributed by atoms with Crippen LogP contribution in [-0.2, 0) is 0 Å². The fourth-order valence-corrected chi connectivity index (χ4v) is 0.760. The summed E-state index contributed by atoms with van der Waals surface area (Å²) < 4.78 is 0. The second-order valence-electron chi connectivity index (χ2n) is 2.01. The van der Waals surface area contributed by atoms with E-state index in [2.05, 4.69) is 0 Å². The van der Waals surface area contributed by atoms with Crippen molar-refractivity contribution in [2.24, 2.45) is 0 Å². The molecule has 0 spiro atoms. The van der Waals surface area contributed by atoms with Crippen LogP contribution in [0.2, 0.25) is 0 Å². The lowest BCUT2D eigenvalue weighted by molar-refractivity contribution is 0.136. The highest BCUT2D eigenvalue weighted by atomic mass is 35.5. The fourth-order valence-electron chi connectivity index (χ4n) is 0.760. The molecule has 0 heterocycles. The van der Waals surface area contributed by atoms with Crippen LogP contribution in [0.3, 0.4) is 0 Å². The third-order valence-corrected chi connectivity index (χ3v) is 1.25. The van der Waals surface area contributed by atoms with E-state index in [-0.39, 0.29) is 32.2 Å². The molecular weight excluding hydrogens is 175 g/mol. The minimum atomic E-state index is 0. The molecule has 11 heavy (non-hydrogen) atoms. The molecule has 0 aromatic heterocycles. The van der Waals surface area contributed by atoms with Gasteiger partial charge in [0.15, 0.2) is 0 Å². The number of rotatable bonds is 6. The summed E-state index contributed by atoms with van der Waals surface area (Å²) in [6.07, 6.45) is 0. The molecule has 0 aliphatic carbocycles. The Kier molecular flexibility index (Phi) is 12.6. The fraction of sp³-hybridized carbons (Fsp3) is 1.00. The lowest BCUT2D eigenvalue weighted by Gasteiger charge is -2.17. The zero-order chi connectivity index (χ0) is 7.82. The van der Waals surface area contributed by atoms with Crippen molar-refractivity contribution in [2.75, 3.05) is 39.5 Å². The highest BCUT2D eigenvalue weighted by molar-refractivity contribution is 5.85. The molecule has 4 nitrogen and oxygen atoms in total. The predicted molar refractivity (Wildman–Crippen MR) is 44.9 cm³/mol. The molecule has 0 amide bonds. The Morgan fingerprint density at radius 2 is 1.00 bits per heavy atom. The maximum Gasteiger partial charge on any atom is 0.0558 e. The van der Waals surface area contributed by atoms with E-state index in [1.165, 1.54) is 0 Å². The van der Waals surface area contributed by atoms with Crippen molar-refractivity contribution in [3.8, 4) is 0 Å². The Morgan fingerprint density at radius 3 is 1.18 bits per heavy atom. The van der Waals surface area contributed by atoms with Gasteiger partial charge in [-0.3, -0.25) is 4.90 Å². The number of hydrogen-bond donors (Lipinski definition) is 3. The van der Waals surface area contributed by atoms with Gasteiger partial charge in [0, 0.05) is 19.6 Å². The van der Waals surface area contributed by atoms with Crippen molar-refractivity contribution in [2.45, 2.75) is 0 Å². The lowest BCUT2D eigenvalue weighted by Crippen LogP contribution is -2.32. The summed E-state index contributed by atoms with van der Waals surface area (Å²) >= 11 is 0. The molecule has 0 atom stereocenters. The molecule has 0 bridgehead atoms. The highest BCUT2D eigenvalue weighted by Gasteiger charge is 2.00. The normalized spacial score (nSPS) is 9.82. The van der Waals surface area contributed by atoms with Gasteiger partial charge in [-0.15, -0.1) is 12.4 Å². The van der Waals surface area contributed by atoms with Crippen LogP contribution in [-0.4, -0.2) is 59.7 Å². The van der Waals surface area contributed by atoms with Crippen molar-refractivity contribution in [1.82, 2.24) is 4.90 Å². The summed E-state index contributed by atoms with van der Waals surface area (Å²) in [5.74, 6) is 0. The van der Waals surface area contributed by atoms with Gasteiger partial charge in [-0.1, -0.05) is 0 Å². The van der Waals surface area contributed by atoms with Crippen LogP contribution in [0.4, 0.5) is 0 Å². The molecule has 0 aliphatic rings. The smallest absolute Gasteiger partial charge is 0.0558 e. The summed E-state index contributed by atoms with van der Waals surface area (Å²) in [6, 6.07) is 0. The van der Waals surface area contributed by atoms with E-state index in [9.17, 15) is 0 Å². The third kappa shape index (κ3) is 8.03. The topological polar surface area (TPSA) is 63.9 Å². The molecule has 0 aliphatic heterocycles. The summed E-state index contributed by atoms with van der Waals surface area (Å²) in [6.45, 7) is 1.75. The first-order valence-electron chi connectivity index (χ1n) is 3.40. The Morgan fingerprint density at radius 1 is 0.727 bits per heavy atom. The van der Waals surface area contributed by atoms with Gasteiger partial charge in [0.2, 0.25) is 0 Å². The first kappa shape index (κ1) is 13.7. The second-order valence-corrected chi connectivity index (χ2v) is 2.01. The van der Waals surface area contributed by atoms with Crippen LogP contribution < -0.4 is 0 Å². The Balaban J connectivity index is 0. The molecule has 0 unspecified atom stereocenters. The maximum absolute atomic E-state index is 8.48. The molecule has 0 aromatic carbocycles. The summed E-state index contributed by atoms with van der Waals surface area (Å²) in [5.41, 5.74) is 0. The van der Waals surface area contributed by atoms with E-state index >= 15 is 0 Å². The van der Waals surface area contributed by atoms with E-state index in [0.717, 1.165) is 0 Å². The van der Waals surface area contributed by atoms with Crippen LogP contribution in [0, 0.1) is 0 Å². The van der Waals surface area contributed by atoms with Crippen LogP contribution in [0.1, 0.15) is 0 Å². The Labute approximate surface area is 72.9 Å². The number of aliphatic hydroxyl groups excluding tert-OH is 3. The summed E-state index contributed by atoms with van der Waals surface area (Å²) in [4.78, 5) is 1.79. The molecule has 3 N–H and O–H groups in total. The average Bonchev–Trinajstić information content (AvgIpc) is 1.90. The van der Waals surface area contributed by atoms with E-state index < -0.39 is 0 Å². The van der Waals surface area contributed by atoms with Crippen molar-refractivity contribution in [3.63, 3.8) is 0 Å². The maximum atomic E-state index is 8.48. The molecule has 0 radical (unpaired) electrons. The van der Waals surface area contributed by atoms with Crippen molar-refractivity contribution >= 4 is 12.4 Å². The van der Waals surface area contributed by atoms with Crippen LogP contribution in [0.15, 0.2) is 0 Å². The molecule has 5 heteroatoms. The molecule has 0 aromatic rings. The number of halogens is 1. The van der Waals surface area contributed by atoms with Gasteiger partial charge in [-0.25, -0.2) is 0 Å². The van der Waals surface area contributed by atoms with Gasteiger partial charge in [0.25, 0.3) is 0 Å². The van der Waals surface area contributed by atoms with Crippen LogP contribution >= 0.6 is 12.4 Å². The van der Waals surface area contributed by atoms with Crippen LogP contribution in [0.25, 0.3) is 0 Å².